The fourth-order valence-electron chi connectivity index (χ4n) is 2.48. The Morgan fingerprint density at radius 2 is 2.16 bits per heavy atom. The molecule has 0 bridgehead atoms. The predicted octanol–water partition coefficient (Wildman–Crippen LogP) is 2.54. The number of piperidine rings is 1. The molecule has 0 amide bonds. The first-order valence-corrected chi connectivity index (χ1v) is 7.16. The van der Waals surface area contributed by atoms with Gasteiger partial charge in [0.15, 0.2) is 5.75 Å². The van der Waals surface area contributed by atoms with E-state index in [1.165, 1.54) is 25.9 Å². The van der Waals surface area contributed by atoms with Gasteiger partial charge in [0.2, 0.25) is 0 Å². The molecule has 1 aromatic heterocycles. The fourth-order valence-corrected chi connectivity index (χ4v) is 2.48. The number of pyridine rings is 1. The van der Waals surface area contributed by atoms with Crippen LogP contribution in [0.1, 0.15) is 25.5 Å². The Balaban J connectivity index is 1.80. The van der Waals surface area contributed by atoms with Crippen molar-refractivity contribution in [3.05, 3.63) is 18.0 Å². The molecule has 19 heavy (non-hydrogen) atoms. The van der Waals surface area contributed by atoms with Gasteiger partial charge in [-0.1, -0.05) is 6.92 Å². The van der Waals surface area contributed by atoms with Crippen LogP contribution in [0.5, 0.6) is 5.75 Å². The molecular formula is C15H25N3O. The molecular weight excluding hydrogens is 238 g/mol. The second-order valence-electron chi connectivity index (χ2n) is 5.48. The molecule has 106 valence electrons. The zero-order valence-electron chi connectivity index (χ0n) is 12.3. The van der Waals surface area contributed by atoms with Crippen LogP contribution in [0.2, 0.25) is 0 Å². The number of nitrogens with zero attached hydrogens (tertiary/aromatic N) is 2. The first-order chi connectivity index (χ1) is 9.19. The second kappa shape index (κ2) is 6.75. The van der Waals surface area contributed by atoms with E-state index in [4.69, 9.17) is 4.74 Å². The lowest BCUT2D eigenvalue weighted by Gasteiger charge is -2.30. The van der Waals surface area contributed by atoms with Crippen LogP contribution < -0.4 is 10.1 Å². The highest BCUT2D eigenvalue weighted by molar-refractivity contribution is 5.55. The maximum Gasteiger partial charge on any atom is 0.160 e. The summed E-state index contributed by atoms with van der Waals surface area (Å²) < 4.78 is 5.32. The lowest BCUT2D eigenvalue weighted by Crippen LogP contribution is -2.36. The minimum atomic E-state index is 0.817. The van der Waals surface area contributed by atoms with Crippen molar-refractivity contribution in [3.8, 4) is 5.75 Å². The van der Waals surface area contributed by atoms with Crippen molar-refractivity contribution in [2.24, 2.45) is 5.92 Å². The first kappa shape index (κ1) is 14.1. The van der Waals surface area contributed by atoms with Crippen LogP contribution in [-0.2, 0) is 0 Å². The van der Waals surface area contributed by atoms with Crippen molar-refractivity contribution in [2.45, 2.75) is 26.7 Å². The summed E-state index contributed by atoms with van der Waals surface area (Å²) in [5.41, 5.74) is 2.05. The predicted molar refractivity (Wildman–Crippen MR) is 78.9 cm³/mol. The highest BCUT2D eigenvalue weighted by Gasteiger charge is 2.15. The third-order valence-corrected chi connectivity index (χ3v) is 3.84. The van der Waals surface area contributed by atoms with Crippen LogP contribution in [-0.4, -0.2) is 43.2 Å². The Kier molecular flexibility index (Phi) is 5.02. The summed E-state index contributed by atoms with van der Waals surface area (Å²) in [6.45, 7) is 8.85. The highest BCUT2D eigenvalue weighted by atomic mass is 16.5. The maximum atomic E-state index is 5.32. The lowest BCUT2D eigenvalue weighted by atomic mass is 9.99. The van der Waals surface area contributed by atoms with E-state index in [0.717, 1.165) is 36.1 Å². The zero-order chi connectivity index (χ0) is 13.7. The third kappa shape index (κ3) is 4.10. The summed E-state index contributed by atoms with van der Waals surface area (Å²) >= 11 is 0. The van der Waals surface area contributed by atoms with Gasteiger partial charge in [-0.2, -0.15) is 0 Å². The first-order valence-electron chi connectivity index (χ1n) is 7.16. The van der Waals surface area contributed by atoms with Crippen molar-refractivity contribution in [3.63, 3.8) is 0 Å². The summed E-state index contributed by atoms with van der Waals surface area (Å²) in [5, 5.41) is 3.46. The molecule has 0 saturated carbocycles. The summed E-state index contributed by atoms with van der Waals surface area (Å²) in [4.78, 5) is 6.78. The van der Waals surface area contributed by atoms with Gasteiger partial charge < -0.3 is 15.0 Å². The fraction of sp³-hybridized carbons (Fsp3) is 0.667. The minimum Gasteiger partial charge on any atom is -0.493 e. The van der Waals surface area contributed by atoms with Gasteiger partial charge in [-0.25, -0.2) is 0 Å². The molecule has 2 heterocycles. The number of hydrogen-bond donors (Lipinski definition) is 1. The summed E-state index contributed by atoms with van der Waals surface area (Å²) in [7, 11) is 1.68. The maximum absolute atomic E-state index is 5.32. The largest absolute Gasteiger partial charge is 0.493 e. The van der Waals surface area contributed by atoms with Gasteiger partial charge in [-0.05, 0) is 44.8 Å². The standard InChI is InChI=1S/C15H25N3O/c1-12-4-7-18(8-5-12)9-6-16-14-10-13(2)17-11-15(14)19-3/h10-12H,4-9H2,1-3H3,(H,16,17). The molecule has 1 aromatic rings. The van der Waals surface area contributed by atoms with Crippen molar-refractivity contribution >= 4 is 5.69 Å². The van der Waals surface area contributed by atoms with Crippen molar-refractivity contribution in [2.75, 3.05) is 38.6 Å². The van der Waals surface area contributed by atoms with E-state index < -0.39 is 0 Å². The highest BCUT2D eigenvalue weighted by Crippen LogP contribution is 2.23. The van der Waals surface area contributed by atoms with Crippen LogP contribution in [0, 0.1) is 12.8 Å². The van der Waals surface area contributed by atoms with Gasteiger partial charge in [-0.3, -0.25) is 4.98 Å². The van der Waals surface area contributed by atoms with Gasteiger partial charge >= 0.3 is 0 Å². The van der Waals surface area contributed by atoms with E-state index in [1.807, 2.05) is 13.0 Å². The van der Waals surface area contributed by atoms with E-state index in [-0.39, 0.29) is 0 Å². The van der Waals surface area contributed by atoms with Crippen LogP contribution in [0.15, 0.2) is 12.3 Å². The lowest BCUT2D eigenvalue weighted by molar-refractivity contribution is 0.199. The molecule has 0 atom stereocenters. The minimum absolute atomic E-state index is 0.817. The Bertz CT molecular complexity index is 400. The quantitative estimate of drug-likeness (QED) is 0.886. The Labute approximate surface area is 116 Å². The van der Waals surface area contributed by atoms with Gasteiger partial charge in [0.05, 0.1) is 19.0 Å². The Hall–Kier alpha value is -1.29. The van der Waals surface area contributed by atoms with Gasteiger partial charge in [0.25, 0.3) is 0 Å². The number of hydrogen-bond acceptors (Lipinski definition) is 4. The molecule has 4 heteroatoms. The number of likely N-dealkylation sites (tertiary alicyclic amines) is 1. The average molecular weight is 263 g/mol. The molecule has 1 aliphatic rings. The van der Waals surface area contributed by atoms with E-state index in [1.54, 1.807) is 13.3 Å². The molecule has 0 spiro atoms. The topological polar surface area (TPSA) is 37.4 Å². The number of methoxy groups -OCH3 is 1. The summed E-state index contributed by atoms with van der Waals surface area (Å²) in [6, 6.07) is 2.04. The SMILES string of the molecule is COc1cnc(C)cc1NCCN1CCC(C)CC1. The number of aromatic nitrogens is 1. The second-order valence-corrected chi connectivity index (χ2v) is 5.48. The van der Waals surface area contributed by atoms with Gasteiger partial charge in [-0.15, -0.1) is 0 Å². The number of ether oxygens (including phenoxy) is 1. The normalized spacial score (nSPS) is 17.4. The third-order valence-electron chi connectivity index (χ3n) is 3.84. The smallest absolute Gasteiger partial charge is 0.160 e. The van der Waals surface area contributed by atoms with Crippen molar-refractivity contribution in [1.29, 1.82) is 0 Å². The van der Waals surface area contributed by atoms with Gasteiger partial charge in [0, 0.05) is 18.8 Å². The van der Waals surface area contributed by atoms with Crippen LogP contribution >= 0.6 is 0 Å². The number of anilines is 1. The van der Waals surface area contributed by atoms with Crippen LogP contribution in [0.25, 0.3) is 0 Å². The van der Waals surface area contributed by atoms with Crippen molar-refractivity contribution in [1.82, 2.24) is 9.88 Å². The number of nitrogens with one attached hydrogen (secondary N) is 1. The zero-order valence-corrected chi connectivity index (χ0v) is 12.3. The Morgan fingerprint density at radius 3 is 2.84 bits per heavy atom. The van der Waals surface area contributed by atoms with Gasteiger partial charge in [0.1, 0.15) is 0 Å². The molecule has 1 aliphatic heterocycles. The molecule has 0 aromatic carbocycles. The molecule has 2 rings (SSSR count). The van der Waals surface area contributed by atoms with E-state index in [0.29, 0.717) is 0 Å². The van der Waals surface area contributed by atoms with Crippen LogP contribution in [0.3, 0.4) is 0 Å². The molecule has 0 radical (unpaired) electrons. The van der Waals surface area contributed by atoms with E-state index >= 15 is 0 Å². The average Bonchev–Trinajstić information content (AvgIpc) is 2.41. The molecule has 0 aliphatic carbocycles. The van der Waals surface area contributed by atoms with E-state index in [2.05, 4.69) is 22.1 Å². The van der Waals surface area contributed by atoms with Crippen LogP contribution in [0.4, 0.5) is 5.69 Å². The molecule has 1 N–H and O–H groups in total. The molecule has 1 fully saturated rings. The number of rotatable bonds is 5. The number of aryl methyl sites for hydroxylation is 1. The molecule has 0 unspecified atom stereocenters. The monoisotopic (exact) mass is 263 g/mol. The molecule has 1 saturated heterocycles. The summed E-state index contributed by atoms with van der Waals surface area (Å²) in [6.07, 6.45) is 4.44. The van der Waals surface area contributed by atoms with Crippen molar-refractivity contribution < 1.29 is 4.74 Å². The Morgan fingerprint density at radius 1 is 1.42 bits per heavy atom. The summed E-state index contributed by atoms with van der Waals surface area (Å²) in [5.74, 6) is 1.71. The van der Waals surface area contributed by atoms with E-state index in [9.17, 15) is 0 Å². The molecule has 4 nitrogen and oxygen atoms in total.